The zero-order chi connectivity index (χ0) is 41.0. The molecular weight excluding hydrogens is 787 g/mol. The van der Waals surface area contributed by atoms with E-state index in [4.69, 9.17) is 35.9 Å². The first kappa shape index (κ1) is 41.0. The van der Waals surface area contributed by atoms with Gasteiger partial charge in [0.15, 0.2) is 10.5 Å². The molecule has 0 unspecified atom stereocenters. The number of hydrogen-bond donors (Lipinski definition) is 7. The zero-order valence-electron chi connectivity index (χ0n) is 30.1. The molecule has 18 nitrogen and oxygen atoms in total. The van der Waals surface area contributed by atoms with Gasteiger partial charge >= 0.3 is 25.5 Å². The highest BCUT2D eigenvalue weighted by Crippen LogP contribution is 2.43. The quantitative estimate of drug-likeness (QED) is 0.0274. The lowest BCUT2D eigenvalue weighted by Gasteiger charge is -2.19. The van der Waals surface area contributed by atoms with Gasteiger partial charge in [-0.2, -0.15) is 0 Å². The van der Waals surface area contributed by atoms with Gasteiger partial charge in [0.1, 0.15) is 35.5 Å². The number of aromatic hydroxyl groups is 1. The van der Waals surface area contributed by atoms with Gasteiger partial charge in [0, 0.05) is 65.5 Å². The largest absolute Gasteiger partial charge is 0.508 e. The smallest absolute Gasteiger partial charge is 0.469 e. The van der Waals surface area contributed by atoms with Crippen molar-refractivity contribution >= 4 is 53.7 Å². The first-order chi connectivity index (χ1) is 27.1. The number of phosphoric acid groups is 1. The summed E-state index contributed by atoms with van der Waals surface area (Å²) < 4.78 is 34.2. The lowest BCUT2D eigenvalue weighted by molar-refractivity contribution is -0.153. The molecule has 3 aromatic rings. The average molecular weight is 825 g/mol. The third-order valence-corrected chi connectivity index (χ3v) is 9.86. The molecule has 1 saturated heterocycles. The highest BCUT2D eigenvalue weighted by atomic mass is 32.1. The monoisotopic (exact) mass is 824 g/mol. The molecule has 0 bridgehead atoms. The fraction of sp³-hybridized carbons (Fsp3) is 0.297. The summed E-state index contributed by atoms with van der Waals surface area (Å²) in [5.41, 5.74) is 0.552. The van der Waals surface area contributed by atoms with Crippen molar-refractivity contribution in [1.29, 1.82) is 0 Å². The van der Waals surface area contributed by atoms with Crippen molar-refractivity contribution in [2.45, 2.75) is 57.5 Å². The Kier molecular flexibility index (Phi) is 12.4. The number of unbranched alkanes of at least 4 members (excludes halogenated alkanes) is 2. The Balaban J connectivity index is 1.02. The van der Waals surface area contributed by atoms with Crippen LogP contribution < -0.4 is 27.3 Å². The molecule has 20 heteroatoms. The van der Waals surface area contributed by atoms with Gasteiger partial charge in [0.2, 0.25) is 0 Å². The van der Waals surface area contributed by atoms with Crippen LogP contribution in [0, 0.1) is 6.92 Å². The van der Waals surface area contributed by atoms with Crippen LogP contribution in [0.15, 0.2) is 79.6 Å². The van der Waals surface area contributed by atoms with Crippen LogP contribution in [0.4, 0.5) is 5.69 Å². The number of carboxylic acid groups (broad SMARTS) is 1. The normalized spacial score (nSPS) is 16.8. The number of aromatic amines is 1. The Morgan fingerprint density at radius 2 is 1.81 bits per heavy atom. The van der Waals surface area contributed by atoms with E-state index in [1.54, 1.807) is 24.3 Å². The molecule has 2 aliphatic heterocycles. The number of phosphoric ester groups is 1. The number of carbonyl (C=O) groups is 2. The first-order valence-electron chi connectivity index (χ1n) is 17.6. The van der Waals surface area contributed by atoms with Crippen molar-refractivity contribution < 1.29 is 52.6 Å². The summed E-state index contributed by atoms with van der Waals surface area (Å²) in [5.74, 6) is -1.65. The SMILES string of the molecule is Cc1cn([C@H]2C[C@H](OC(=O)CCCCCNC(=S)Nc3ccc(-c4c5ccc(=O)cc-5oc5cc(O)ccc45)c(C(=O)O)c3)[C@@H](COP(=O)(O)O)O2)c(=O)[nH]c1=O. The maximum absolute atomic E-state index is 12.7. The molecule has 0 radical (unpaired) electrons. The van der Waals surface area contributed by atoms with Crippen LogP contribution in [-0.4, -0.2) is 72.0 Å². The molecular formula is C37H37N4O14PS. The van der Waals surface area contributed by atoms with Gasteiger partial charge in [0.25, 0.3) is 5.56 Å². The third kappa shape index (κ3) is 10.0. The Labute approximate surface area is 327 Å². The number of phenolic OH excluding ortho intramolecular Hbond substituents is 1. The van der Waals surface area contributed by atoms with E-state index >= 15 is 0 Å². The molecule has 0 saturated carbocycles. The average Bonchev–Trinajstić information content (AvgIpc) is 3.54. The van der Waals surface area contributed by atoms with Crippen molar-refractivity contribution in [2.75, 3.05) is 18.5 Å². The van der Waals surface area contributed by atoms with Gasteiger partial charge in [-0.25, -0.2) is 14.2 Å². The van der Waals surface area contributed by atoms with Crippen molar-refractivity contribution in [3.05, 3.63) is 103 Å². The summed E-state index contributed by atoms with van der Waals surface area (Å²) in [7, 11) is -4.89. The molecule has 3 aliphatic rings. The number of carbonyl (C=O) groups excluding carboxylic acids is 1. The molecule has 300 valence electrons. The molecule has 7 N–H and O–H groups in total. The lowest BCUT2D eigenvalue weighted by Crippen LogP contribution is -2.33. The van der Waals surface area contributed by atoms with E-state index < -0.39 is 56.1 Å². The van der Waals surface area contributed by atoms with Gasteiger partial charge in [-0.1, -0.05) is 12.5 Å². The van der Waals surface area contributed by atoms with E-state index in [-0.39, 0.29) is 51.6 Å². The molecule has 57 heavy (non-hydrogen) atoms. The van der Waals surface area contributed by atoms with E-state index in [0.29, 0.717) is 53.6 Å². The van der Waals surface area contributed by atoms with E-state index in [1.807, 2.05) is 0 Å². The maximum atomic E-state index is 12.7. The molecule has 3 atom stereocenters. The van der Waals surface area contributed by atoms with Gasteiger partial charge in [0.05, 0.1) is 12.2 Å². The maximum Gasteiger partial charge on any atom is 0.469 e. The fourth-order valence-corrected chi connectivity index (χ4v) is 7.02. The number of thiocarbonyl (C=S) groups is 1. The highest BCUT2D eigenvalue weighted by molar-refractivity contribution is 7.80. The second kappa shape index (κ2) is 17.2. The predicted octanol–water partition coefficient (Wildman–Crippen LogP) is 3.98. The molecule has 1 fully saturated rings. The number of aromatic carboxylic acids is 1. The highest BCUT2D eigenvalue weighted by Gasteiger charge is 2.40. The van der Waals surface area contributed by atoms with E-state index in [9.17, 15) is 38.8 Å². The Bertz CT molecular complexity index is 2550. The van der Waals surface area contributed by atoms with Crippen LogP contribution in [0.2, 0.25) is 0 Å². The van der Waals surface area contributed by atoms with Gasteiger partial charge in [-0.05, 0) is 73.9 Å². The van der Waals surface area contributed by atoms with E-state index in [0.717, 1.165) is 4.57 Å². The number of ether oxygens (including phenoxy) is 2. The number of anilines is 1. The number of carboxylic acids is 1. The topological polar surface area (TPSA) is 269 Å². The molecule has 1 aromatic heterocycles. The number of fused-ring (bicyclic) bond motifs is 2. The van der Waals surface area contributed by atoms with Gasteiger partial charge < -0.3 is 44.5 Å². The van der Waals surface area contributed by atoms with Crippen LogP contribution in [0.1, 0.15) is 54.3 Å². The van der Waals surface area contributed by atoms with Crippen molar-refractivity contribution in [3.8, 4) is 28.2 Å². The zero-order valence-corrected chi connectivity index (χ0v) is 31.8. The second-order valence-electron chi connectivity index (χ2n) is 13.2. The summed E-state index contributed by atoms with van der Waals surface area (Å²) in [6.07, 6.45) is -0.256. The summed E-state index contributed by atoms with van der Waals surface area (Å²) in [6, 6.07) is 13.4. The van der Waals surface area contributed by atoms with E-state index in [2.05, 4.69) is 20.1 Å². The molecule has 2 aromatic carbocycles. The van der Waals surface area contributed by atoms with Crippen molar-refractivity contribution in [3.63, 3.8) is 0 Å². The summed E-state index contributed by atoms with van der Waals surface area (Å²) >= 11 is 5.42. The number of benzene rings is 3. The Morgan fingerprint density at radius 1 is 1.04 bits per heavy atom. The number of phenols is 1. The van der Waals surface area contributed by atoms with Gasteiger partial charge in [-0.15, -0.1) is 0 Å². The van der Waals surface area contributed by atoms with E-state index in [1.165, 1.54) is 43.5 Å². The first-order valence-corrected chi connectivity index (χ1v) is 19.5. The molecule has 0 amide bonds. The summed E-state index contributed by atoms with van der Waals surface area (Å²) in [6.45, 7) is 1.28. The predicted molar refractivity (Wildman–Crippen MR) is 208 cm³/mol. The molecule has 1 aliphatic carbocycles. The van der Waals surface area contributed by atoms with Crippen LogP contribution in [0.5, 0.6) is 5.75 Å². The summed E-state index contributed by atoms with van der Waals surface area (Å²) in [4.78, 5) is 82.0. The van der Waals surface area contributed by atoms with Crippen molar-refractivity contribution in [2.24, 2.45) is 0 Å². The second-order valence-corrected chi connectivity index (χ2v) is 14.9. The van der Waals surface area contributed by atoms with Crippen LogP contribution in [0.25, 0.3) is 33.4 Å². The van der Waals surface area contributed by atoms with Crippen LogP contribution in [0.3, 0.4) is 0 Å². The minimum absolute atomic E-state index is 0.0112. The number of nitrogens with one attached hydrogen (secondary N) is 3. The van der Waals surface area contributed by atoms with Gasteiger partial charge in [-0.3, -0.25) is 28.5 Å². The molecule has 6 rings (SSSR count). The minimum Gasteiger partial charge on any atom is -0.508 e. The van der Waals surface area contributed by atoms with Crippen molar-refractivity contribution in [1.82, 2.24) is 14.9 Å². The number of hydrogen-bond acceptors (Lipinski definition) is 12. The minimum atomic E-state index is -4.89. The summed E-state index contributed by atoms with van der Waals surface area (Å²) in [5, 5.41) is 27.1. The Morgan fingerprint density at radius 3 is 2.56 bits per heavy atom. The number of nitrogens with zero attached hydrogens (tertiary/aromatic N) is 1. The van der Waals surface area contributed by atoms with Crippen LogP contribution in [-0.2, 0) is 23.4 Å². The van der Waals surface area contributed by atoms with Crippen LogP contribution >= 0.6 is 20.0 Å². The number of aromatic nitrogens is 2. The lowest BCUT2D eigenvalue weighted by atomic mass is 9.90. The number of rotatable bonds is 14. The number of H-pyrrole nitrogens is 1. The standard InChI is InChI=1S/C37H37N4O14PS/c1-19-17-41(37(48)40-34(19)45)31-16-29(30(54-31)18-52-56(49,50)51)55-32(44)5-3-2-4-12-38-36(57)39-20-6-9-23(26(13-20)35(46)47)33-24-10-7-21(42)14-27(24)53-28-15-22(43)8-11-25(28)33/h6-11,13-15,17,29-31,42H,2-5,12,16,18H2,1H3,(H,46,47)(H2,38,39,57)(H,40,45,48)(H2,49,50,51)/t29-,30+,31+/m0/s1. The third-order valence-electron chi connectivity index (χ3n) is 9.12. The molecule has 3 heterocycles. The Hall–Kier alpha value is -5.69. The number of esters is 1. The number of aryl methyl sites for hydroxylation is 1. The molecule has 0 spiro atoms. The fourth-order valence-electron chi connectivity index (χ4n) is 6.46.